The Bertz CT molecular complexity index is 1450. The van der Waals surface area contributed by atoms with E-state index in [2.05, 4.69) is 44.1 Å². The van der Waals surface area contributed by atoms with Crippen molar-refractivity contribution in [3.05, 3.63) is 115 Å². The fourth-order valence-corrected chi connectivity index (χ4v) is 3.70. The van der Waals surface area contributed by atoms with E-state index in [0.717, 1.165) is 44.9 Å². The molecule has 166 valence electrons. The van der Waals surface area contributed by atoms with Crippen LogP contribution < -0.4 is 16.0 Å². The minimum absolute atomic E-state index is 0.172. The maximum Gasteiger partial charge on any atom is 0.255 e. The third-order valence-electron chi connectivity index (χ3n) is 5.41. The molecule has 0 saturated heterocycles. The number of pyridine rings is 2. The molecular weight excluding hydrogens is 422 g/mol. The summed E-state index contributed by atoms with van der Waals surface area (Å²) in [5, 5.41) is 10.7. The highest BCUT2D eigenvalue weighted by molar-refractivity contribution is 6.05. The molecule has 34 heavy (non-hydrogen) atoms. The van der Waals surface area contributed by atoms with Crippen LogP contribution in [-0.2, 0) is 0 Å². The number of nitrogens with one attached hydrogen (secondary N) is 3. The number of carbonyl (C=O) groups excluding carboxylic acids is 1. The topological polar surface area (TPSA) is 78.9 Å². The van der Waals surface area contributed by atoms with Crippen LogP contribution in [0.25, 0.3) is 10.9 Å². The largest absolute Gasteiger partial charge is 0.355 e. The highest BCUT2D eigenvalue weighted by Gasteiger charge is 2.09. The molecule has 1 amide bonds. The molecule has 0 atom stereocenters. The van der Waals surface area contributed by atoms with Gasteiger partial charge in [0.1, 0.15) is 0 Å². The average molecular weight is 446 g/mol. The zero-order valence-corrected chi connectivity index (χ0v) is 18.6. The van der Waals surface area contributed by atoms with Gasteiger partial charge in [-0.2, -0.15) is 0 Å². The second kappa shape index (κ2) is 9.42. The van der Waals surface area contributed by atoms with E-state index in [-0.39, 0.29) is 5.91 Å². The lowest BCUT2D eigenvalue weighted by atomic mass is 10.1. The van der Waals surface area contributed by atoms with Gasteiger partial charge in [-0.15, -0.1) is 0 Å². The van der Waals surface area contributed by atoms with Gasteiger partial charge in [-0.05, 0) is 79.2 Å². The van der Waals surface area contributed by atoms with E-state index < -0.39 is 0 Å². The van der Waals surface area contributed by atoms with Gasteiger partial charge in [-0.25, -0.2) is 0 Å². The molecule has 0 bridgehead atoms. The Kier molecular flexibility index (Phi) is 5.86. The van der Waals surface area contributed by atoms with Gasteiger partial charge in [-0.3, -0.25) is 14.8 Å². The summed E-state index contributed by atoms with van der Waals surface area (Å²) in [4.78, 5) is 21.3. The summed E-state index contributed by atoms with van der Waals surface area (Å²) in [6.45, 7) is 2.05. The molecule has 0 aliphatic rings. The van der Waals surface area contributed by atoms with E-state index in [4.69, 9.17) is 0 Å². The minimum atomic E-state index is -0.172. The average Bonchev–Trinajstić information content (AvgIpc) is 2.86. The van der Waals surface area contributed by atoms with Gasteiger partial charge in [0.25, 0.3) is 5.91 Å². The first kappa shape index (κ1) is 21.2. The second-order valence-electron chi connectivity index (χ2n) is 7.98. The quantitative estimate of drug-likeness (QED) is 0.272. The molecule has 5 rings (SSSR count). The van der Waals surface area contributed by atoms with Gasteiger partial charge in [-0.1, -0.05) is 18.2 Å². The number of aromatic nitrogens is 2. The van der Waals surface area contributed by atoms with Crippen LogP contribution in [0.5, 0.6) is 0 Å². The molecule has 5 aromatic rings. The lowest BCUT2D eigenvalue weighted by molar-refractivity contribution is 0.102. The highest BCUT2D eigenvalue weighted by Crippen LogP contribution is 2.26. The SMILES string of the molecule is Cc1ccc2c(Nc3cccc(C(=O)Nc4ccc(Nc5ccncc5)cc4)c3)ccnc2c1. The molecule has 0 aliphatic carbocycles. The number of hydrogen-bond donors (Lipinski definition) is 3. The molecule has 0 fully saturated rings. The van der Waals surface area contributed by atoms with Crippen LogP contribution in [0.15, 0.2) is 104 Å². The summed E-state index contributed by atoms with van der Waals surface area (Å²) in [5.41, 5.74) is 7.04. The van der Waals surface area contributed by atoms with Crippen LogP contribution >= 0.6 is 0 Å². The Morgan fingerprint density at radius 2 is 1.47 bits per heavy atom. The van der Waals surface area contributed by atoms with E-state index in [1.807, 2.05) is 67.6 Å². The fourth-order valence-electron chi connectivity index (χ4n) is 3.70. The van der Waals surface area contributed by atoms with Crippen molar-refractivity contribution in [1.82, 2.24) is 9.97 Å². The molecule has 6 nitrogen and oxygen atoms in total. The summed E-state index contributed by atoms with van der Waals surface area (Å²) in [6.07, 6.45) is 5.25. The third-order valence-corrected chi connectivity index (χ3v) is 5.41. The van der Waals surface area contributed by atoms with E-state index in [0.29, 0.717) is 5.56 Å². The number of aryl methyl sites for hydroxylation is 1. The number of anilines is 5. The summed E-state index contributed by atoms with van der Waals surface area (Å²) >= 11 is 0. The third kappa shape index (κ3) is 4.86. The van der Waals surface area contributed by atoms with Gasteiger partial charge in [0.15, 0.2) is 0 Å². The smallest absolute Gasteiger partial charge is 0.255 e. The van der Waals surface area contributed by atoms with Crippen molar-refractivity contribution < 1.29 is 4.79 Å². The monoisotopic (exact) mass is 445 g/mol. The summed E-state index contributed by atoms with van der Waals surface area (Å²) < 4.78 is 0. The number of fused-ring (bicyclic) bond motifs is 1. The predicted molar refractivity (Wildman–Crippen MR) is 138 cm³/mol. The fraction of sp³-hybridized carbons (Fsp3) is 0.0357. The highest BCUT2D eigenvalue weighted by atomic mass is 16.1. The number of rotatable bonds is 6. The van der Waals surface area contributed by atoms with Crippen LogP contribution in [0.2, 0.25) is 0 Å². The molecule has 3 aromatic carbocycles. The molecule has 0 spiro atoms. The maximum atomic E-state index is 12.9. The minimum Gasteiger partial charge on any atom is -0.355 e. The van der Waals surface area contributed by atoms with Gasteiger partial charge >= 0.3 is 0 Å². The Morgan fingerprint density at radius 1 is 0.706 bits per heavy atom. The molecule has 0 unspecified atom stereocenters. The first-order chi connectivity index (χ1) is 16.6. The van der Waals surface area contributed by atoms with Crippen molar-refractivity contribution in [3.8, 4) is 0 Å². The van der Waals surface area contributed by atoms with Crippen molar-refractivity contribution >= 4 is 45.2 Å². The number of carbonyl (C=O) groups is 1. The zero-order valence-electron chi connectivity index (χ0n) is 18.6. The molecule has 2 heterocycles. The number of nitrogens with zero attached hydrogens (tertiary/aromatic N) is 2. The van der Waals surface area contributed by atoms with Crippen molar-refractivity contribution in [2.45, 2.75) is 6.92 Å². The van der Waals surface area contributed by atoms with Gasteiger partial charge in [0.2, 0.25) is 0 Å². The lowest BCUT2D eigenvalue weighted by Crippen LogP contribution is -2.12. The predicted octanol–water partition coefficient (Wildman–Crippen LogP) is 6.68. The Morgan fingerprint density at radius 3 is 2.29 bits per heavy atom. The van der Waals surface area contributed by atoms with Crippen molar-refractivity contribution in [2.24, 2.45) is 0 Å². The van der Waals surface area contributed by atoms with Crippen LogP contribution in [0.1, 0.15) is 15.9 Å². The van der Waals surface area contributed by atoms with Crippen LogP contribution in [0, 0.1) is 6.92 Å². The lowest BCUT2D eigenvalue weighted by Gasteiger charge is -2.12. The maximum absolute atomic E-state index is 12.9. The number of amides is 1. The van der Waals surface area contributed by atoms with Crippen LogP contribution in [-0.4, -0.2) is 15.9 Å². The molecule has 6 heteroatoms. The molecule has 3 N–H and O–H groups in total. The van der Waals surface area contributed by atoms with E-state index in [1.54, 1.807) is 24.7 Å². The van der Waals surface area contributed by atoms with E-state index >= 15 is 0 Å². The molecule has 2 aromatic heterocycles. The second-order valence-corrected chi connectivity index (χ2v) is 7.98. The molecule has 0 radical (unpaired) electrons. The van der Waals surface area contributed by atoms with Gasteiger partial charge < -0.3 is 16.0 Å². The summed E-state index contributed by atoms with van der Waals surface area (Å²) in [7, 11) is 0. The first-order valence-corrected chi connectivity index (χ1v) is 10.9. The first-order valence-electron chi connectivity index (χ1n) is 10.9. The van der Waals surface area contributed by atoms with Crippen molar-refractivity contribution in [2.75, 3.05) is 16.0 Å². The normalized spacial score (nSPS) is 10.6. The Balaban J connectivity index is 1.28. The summed E-state index contributed by atoms with van der Waals surface area (Å²) in [6, 6.07) is 26.9. The molecule has 0 saturated carbocycles. The van der Waals surface area contributed by atoms with Crippen LogP contribution in [0.3, 0.4) is 0 Å². The van der Waals surface area contributed by atoms with Gasteiger partial charge in [0, 0.05) is 58.0 Å². The van der Waals surface area contributed by atoms with Gasteiger partial charge in [0.05, 0.1) is 5.52 Å². The standard InChI is InChI=1S/C28H23N5O/c1-19-5-10-25-26(13-16-30-27(25)17-19)32-24-4-2-3-20(18-24)28(34)33-22-8-6-21(7-9-22)31-23-11-14-29-15-12-23/h2-18H,1H3,(H,29,31)(H,30,32)(H,33,34). The summed E-state index contributed by atoms with van der Waals surface area (Å²) in [5.74, 6) is -0.172. The number of benzene rings is 3. The van der Waals surface area contributed by atoms with Crippen LogP contribution in [0.4, 0.5) is 28.4 Å². The Hall–Kier alpha value is -4.71. The molecule has 0 aliphatic heterocycles. The van der Waals surface area contributed by atoms with E-state index in [1.165, 1.54) is 0 Å². The number of hydrogen-bond acceptors (Lipinski definition) is 5. The van der Waals surface area contributed by atoms with Crippen molar-refractivity contribution in [3.63, 3.8) is 0 Å². The zero-order chi connectivity index (χ0) is 23.3. The van der Waals surface area contributed by atoms with Crippen molar-refractivity contribution in [1.29, 1.82) is 0 Å². The Labute approximate surface area is 197 Å². The van der Waals surface area contributed by atoms with E-state index in [9.17, 15) is 4.79 Å². The molecular formula is C28H23N5O.